The summed E-state index contributed by atoms with van der Waals surface area (Å²) in [7, 11) is 0. The molecule has 1 aromatic heterocycles. The van der Waals surface area contributed by atoms with Crippen LogP contribution in [0.15, 0.2) is 78.9 Å². The zero-order valence-electron chi connectivity index (χ0n) is 21.6. The van der Waals surface area contributed by atoms with Crippen LogP contribution in [0.2, 0.25) is 5.02 Å². The molecule has 2 atom stereocenters. The number of aromatic hydroxyl groups is 1. The first kappa shape index (κ1) is 25.3. The van der Waals surface area contributed by atoms with E-state index in [1.807, 2.05) is 64.9 Å². The van der Waals surface area contributed by atoms with Gasteiger partial charge in [-0.1, -0.05) is 78.3 Å². The molecular weight excluding hydrogens is 514 g/mol. The largest absolute Gasteiger partial charge is 0.506 e. The number of carbonyl (C=O) groups excluding carboxylic acids is 1. The van der Waals surface area contributed by atoms with Crippen molar-refractivity contribution in [1.82, 2.24) is 19.8 Å². The van der Waals surface area contributed by atoms with E-state index in [0.717, 1.165) is 17.5 Å². The summed E-state index contributed by atoms with van der Waals surface area (Å²) < 4.78 is 8.07. The van der Waals surface area contributed by atoms with E-state index in [1.54, 1.807) is 18.2 Å². The minimum absolute atomic E-state index is 0.0114. The third kappa shape index (κ3) is 4.93. The third-order valence-electron chi connectivity index (χ3n) is 7.27. The van der Waals surface area contributed by atoms with Crippen LogP contribution in [0.1, 0.15) is 34.1 Å². The van der Waals surface area contributed by atoms with Gasteiger partial charge in [-0.05, 0) is 42.2 Å². The highest BCUT2D eigenvalue weighted by Gasteiger charge is 2.46. The van der Waals surface area contributed by atoms with Crippen molar-refractivity contribution >= 4 is 23.3 Å². The predicted octanol–water partition coefficient (Wildman–Crippen LogP) is 4.65. The van der Waals surface area contributed by atoms with Gasteiger partial charge in [0.05, 0.1) is 11.6 Å². The molecule has 6 rings (SSSR count). The lowest BCUT2D eigenvalue weighted by Gasteiger charge is -2.38. The molecule has 3 heterocycles. The number of aromatic nitrogens is 2. The Morgan fingerprint density at radius 2 is 1.74 bits per heavy atom. The van der Waals surface area contributed by atoms with Gasteiger partial charge in [-0.3, -0.25) is 14.7 Å². The number of hydrogen-bond acceptors (Lipinski definition) is 6. The fourth-order valence-corrected chi connectivity index (χ4v) is 5.58. The molecule has 0 saturated carbocycles. The van der Waals surface area contributed by atoms with Crippen LogP contribution >= 0.6 is 11.6 Å². The Hall–Kier alpha value is -4.01. The Morgan fingerprint density at radius 3 is 2.44 bits per heavy atom. The number of phenolic OH excluding ortho intramolecular Hbond substituents is 1. The number of fused-ring (bicyclic) bond motifs is 3. The van der Waals surface area contributed by atoms with E-state index in [0.29, 0.717) is 43.8 Å². The lowest BCUT2D eigenvalue weighted by atomic mass is 10.1. The molecule has 8 nitrogen and oxygen atoms in total. The SMILES string of the molecule is CCN1C(=O)c2c(nc(OCc3ccccc3)n2Cc2ccc(O)c(Cl)c2)N2C[C@@H](Cc3ccccc3)NC12. The molecule has 0 spiro atoms. The van der Waals surface area contributed by atoms with E-state index in [1.165, 1.54) is 5.56 Å². The van der Waals surface area contributed by atoms with Crippen molar-refractivity contribution in [3.63, 3.8) is 0 Å². The summed E-state index contributed by atoms with van der Waals surface area (Å²) >= 11 is 6.21. The van der Waals surface area contributed by atoms with Gasteiger partial charge in [0.1, 0.15) is 12.4 Å². The standard InChI is InChI=1S/C30H30ClN5O3/c1-2-34-28(38)26-27(36-18-23(32-29(34)36)15-20-9-5-3-6-10-20)33-30(39-19-21-11-7-4-8-12-21)35(26)17-22-13-14-25(37)24(31)16-22/h3-14,16,23,29,32,37H,2,15,17-19H2,1H3/t23-,29?/m1/s1. The summed E-state index contributed by atoms with van der Waals surface area (Å²) in [6.07, 6.45) is 0.566. The Kier molecular flexibility index (Phi) is 6.89. The average Bonchev–Trinajstić information content (AvgIpc) is 3.52. The van der Waals surface area contributed by atoms with Crippen LogP contribution in [0, 0.1) is 0 Å². The number of nitrogens with zero attached hydrogens (tertiary/aromatic N) is 4. The summed E-state index contributed by atoms with van der Waals surface area (Å²) in [4.78, 5) is 22.9. The number of nitrogens with one attached hydrogen (secondary N) is 1. The monoisotopic (exact) mass is 543 g/mol. The molecular formula is C30H30ClN5O3. The fraction of sp³-hybridized carbons (Fsp3) is 0.267. The number of benzene rings is 3. The van der Waals surface area contributed by atoms with Gasteiger partial charge in [-0.15, -0.1) is 0 Å². The number of halogens is 1. The smallest absolute Gasteiger partial charge is 0.299 e. The van der Waals surface area contributed by atoms with Crippen molar-refractivity contribution in [2.45, 2.75) is 38.8 Å². The van der Waals surface area contributed by atoms with Gasteiger partial charge in [0.15, 0.2) is 17.8 Å². The maximum Gasteiger partial charge on any atom is 0.299 e. The maximum absolute atomic E-state index is 14.0. The summed E-state index contributed by atoms with van der Waals surface area (Å²) in [5, 5.41) is 13.8. The third-order valence-corrected chi connectivity index (χ3v) is 7.57. The van der Waals surface area contributed by atoms with E-state index in [4.69, 9.17) is 21.3 Å². The number of carbonyl (C=O) groups is 1. The molecule has 1 unspecified atom stereocenters. The molecule has 0 bridgehead atoms. The van der Waals surface area contributed by atoms with Crippen molar-refractivity contribution in [2.24, 2.45) is 0 Å². The topological polar surface area (TPSA) is 82.9 Å². The number of imidazole rings is 1. The summed E-state index contributed by atoms with van der Waals surface area (Å²) in [5.74, 6) is 0.525. The molecule has 2 aliphatic heterocycles. The Balaban J connectivity index is 1.38. The van der Waals surface area contributed by atoms with E-state index >= 15 is 0 Å². The molecule has 2 N–H and O–H groups in total. The Labute approximate surface area is 232 Å². The van der Waals surface area contributed by atoms with Gasteiger partial charge < -0.3 is 19.6 Å². The molecule has 9 heteroatoms. The van der Waals surface area contributed by atoms with Crippen LogP contribution in [-0.2, 0) is 19.6 Å². The molecule has 200 valence electrons. The molecule has 39 heavy (non-hydrogen) atoms. The molecule has 1 fully saturated rings. The highest BCUT2D eigenvalue weighted by Crippen LogP contribution is 2.37. The summed E-state index contributed by atoms with van der Waals surface area (Å²) in [6, 6.07) is 25.8. The van der Waals surface area contributed by atoms with E-state index in [9.17, 15) is 9.90 Å². The normalized spacial score (nSPS) is 18.3. The summed E-state index contributed by atoms with van der Waals surface area (Å²) in [6.45, 7) is 3.87. The van der Waals surface area contributed by atoms with Crippen LogP contribution in [-0.4, -0.2) is 50.9 Å². The lowest BCUT2D eigenvalue weighted by Crippen LogP contribution is -2.57. The number of rotatable bonds is 8. The first-order chi connectivity index (χ1) is 19.0. The highest BCUT2D eigenvalue weighted by molar-refractivity contribution is 6.32. The van der Waals surface area contributed by atoms with Gasteiger partial charge in [0.25, 0.3) is 11.9 Å². The Morgan fingerprint density at radius 1 is 1.03 bits per heavy atom. The van der Waals surface area contributed by atoms with Crippen LogP contribution < -0.4 is 15.0 Å². The van der Waals surface area contributed by atoms with Gasteiger partial charge in [-0.25, -0.2) is 0 Å². The second-order valence-electron chi connectivity index (χ2n) is 9.88. The number of ether oxygens (including phenoxy) is 1. The van der Waals surface area contributed by atoms with Crippen LogP contribution in [0.25, 0.3) is 0 Å². The zero-order chi connectivity index (χ0) is 26.9. The first-order valence-corrected chi connectivity index (χ1v) is 13.5. The molecule has 4 aromatic rings. The summed E-state index contributed by atoms with van der Waals surface area (Å²) in [5.41, 5.74) is 3.55. The van der Waals surface area contributed by atoms with Crippen molar-refractivity contribution in [1.29, 1.82) is 0 Å². The maximum atomic E-state index is 14.0. The predicted molar refractivity (Wildman–Crippen MR) is 150 cm³/mol. The minimum Gasteiger partial charge on any atom is -0.506 e. The van der Waals surface area contributed by atoms with Gasteiger partial charge in [0, 0.05) is 19.1 Å². The first-order valence-electron chi connectivity index (χ1n) is 13.1. The van der Waals surface area contributed by atoms with Gasteiger partial charge >= 0.3 is 0 Å². The lowest BCUT2D eigenvalue weighted by molar-refractivity contribution is 0.0638. The minimum atomic E-state index is -0.280. The van der Waals surface area contributed by atoms with Crippen LogP contribution in [0.4, 0.5) is 5.82 Å². The molecule has 3 aromatic carbocycles. The van der Waals surface area contributed by atoms with Crippen LogP contribution in [0.3, 0.4) is 0 Å². The molecule has 1 saturated heterocycles. The van der Waals surface area contributed by atoms with Crippen LogP contribution in [0.5, 0.6) is 11.8 Å². The number of anilines is 1. The molecule has 2 aliphatic rings. The molecule has 0 radical (unpaired) electrons. The number of amides is 1. The number of hydrogen-bond donors (Lipinski definition) is 2. The van der Waals surface area contributed by atoms with Crippen molar-refractivity contribution in [3.05, 3.63) is 106 Å². The second kappa shape index (κ2) is 10.6. The Bertz CT molecular complexity index is 1480. The van der Waals surface area contributed by atoms with Gasteiger partial charge in [0.2, 0.25) is 0 Å². The fourth-order valence-electron chi connectivity index (χ4n) is 5.38. The molecule has 1 amide bonds. The second-order valence-corrected chi connectivity index (χ2v) is 10.3. The van der Waals surface area contributed by atoms with Crippen molar-refractivity contribution in [2.75, 3.05) is 18.0 Å². The molecule has 0 aliphatic carbocycles. The zero-order valence-corrected chi connectivity index (χ0v) is 22.4. The van der Waals surface area contributed by atoms with Crippen molar-refractivity contribution < 1.29 is 14.6 Å². The quantitative estimate of drug-likeness (QED) is 0.337. The highest BCUT2D eigenvalue weighted by atomic mass is 35.5. The van der Waals surface area contributed by atoms with Gasteiger partial charge in [-0.2, -0.15) is 4.98 Å². The van der Waals surface area contributed by atoms with E-state index in [2.05, 4.69) is 22.3 Å². The number of phenols is 1. The van der Waals surface area contributed by atoms with E-state index < -0.39 is 0 Å². The van der Waals surface area contributed by atoms with Crippen molar-refractivity contribution in [3.8, 4) is 11.8 Å². The average molecular weight is 544 g/mol. The van der Waals surface area contributed by atoms with E-state index in [-0.39, 0.29) is 29.0 Å².